The van der Waals surface area contributed by atoms with Gasteiger partial charge in [-0.1, -0.05) is 19.1 Å². The van der Waals surface area contributed by atoms with Crippen molar-refractivity contribution in [2.75, 3.05) is 19.8 Å². The molecule has 4 nitrogen and oxygen atoms in total. The van der Waals surface area contributed by atoms with Gasteiger partial charge in [-0.25, -0.2) is 4.39 Å². The summed E-state index contributed by atoms with van der Waals surface area (Å²) in [7, 11) is 0. The lowest BCUT2D eigenvalue weighted by Gasteiger charge is -2.20. The van der Waals surface area contributed by atoms with Gasteiger partial charge in [0, 0.05) is 6.42 Å². The Kier molecular flexibility index (Phi) is 6.34. The normalized spacial score (nSPS) is 18.0. The highest BCUT2D eigenvalue weighted by atomic mass is 19.1. The topological polar surface area (TPSA) is 48.1 Å². The second-order valence-corrected chi connectivity index (χ2v) is 5.30. The van der Waals surface area contributed by atoms with Crippen LogP contribution in [0.2, 0.25) is 0 Å². The summed E-state index contributed by atoms with van der Waals surface area (Å²) in [4.78, 5) is 11.5. The summed E-state index contributed by atoms with van der Waals surface area (Å²) in [5.41, 5.74) is 1.35. The van der Waals surface area contributed by atoms with Crippen molar-refractivity contribution in [3.8, 4) is 0 Å². The Balaban J connectivity index is 2.07. The summed E-state index contributed by atoms with van der Waals surface area (Å²) in [6.45, 7) is 5.35. The Morgan fingerprint density at radius 3 is 2.86 bits per heavy atom. The second kappa shape index (κ2) is 8.25. The number of hydrogen-bond donors (Lipinski definition) is 0. The number of esters is 1. The third-order valence-electron chi connectivity index (χ3n) is 3.64. The van der Waals surface area contributed by atoms with Crippen molar-refractivity contribution in [2.24, 2.45) is 0 Å². The van der Waals surface area contributed by atoms with E-state index in [4.69, 9.17) is 14.2 Å². The first-order valence-electron chi connectivity index (χ1n) is 7.81. The monoisotopic (exact) mass is 310 g/mol. The van der Waals surface area contributed by atoms with Crippen LogP contribution in [0.1, 0.15) is 43.9 Å². The standard InChI is InChI=1S/C17H23FO4/c1-3-16(22-11-12-10-21-12)14-6-5-7-15(18)13(14)8-9-17(19)20-4-2/h5-7,12,16H,3-4,8-11H2,1-2H3/t12-,16-/m1/s1. The van der Waals surface area contributed by atoms with Crippen molar-refractivity contribution in [3.63, 3.8) is 0 Å². The smallest absolute Gasteiger partial charge is 0.306 e. The first-order chi connectivity index (χ1) is 10.7. The van der Waals surface area contributed by atoms with Gasteiger partial charge in [0.2, 0.25) is 0 Å². The summed E-state index contributed by atoms with van der Waals surface area (Å²) in [5.74, 6) is -0.608. The quantitative estimate of drug-likeness (QED) is 0.519. The van der Waals surface area contributed by atoms with E-state index in [-0.39, 0.29) is 30.4 Å². The van der Waals surface area contributed by atoms with Gasteiger partial charge in [-0.05, 0) is 37.0 Å². The van der Waals surface area contributed by atoms with Crippen LogP contribution in [0.4, 0.5) is 4.39 Å². The van der Waals surface area contributed by atoms with Crippen LogP contribution in [0, 0.1) is 5.82 Å². The fourth-order valence-electron chi connectivity index (χ4n) is 2.42. The summed E-state index contributed by atoms with van der Waals surface area (Å²) in [6.07, 6.45) is 1.22. The molecule has 0 amide bonds. The third kappa shape index (κ3) is 4.78. The number of carbonyl (C=O) groups excluding carboxylic acids is 1. The molecule has 22 heavy (non-hydrogen) atoms. The average Bonchev–Trinajstić information content (AvgIpc) is 3.31. The van der Waals surface area contributed by atoms with Crippen LogP contribution in [0.5, 0.6) is 0 Å². The molecular weight excluding hydrogens is 287 g/mol. The highest BCUT2D eigenvalue weighted by Crippen LogP contribution is 2.28. The molecule has 1 aromatic rings. The molecule has 0 spiro atoms. The number of epoxide rings is 1. The molecule has 0 aliphatic carbocycles. The SMILES string of the molecule is CCOC(=O)CCc1c(F)cccc1[C@@H](CC)OC[C@H]1CO1. The maximum absolute atomic E-state index is 14.2. The zero-order chi connectivity index (χ0) is 15.9. The fourth-order valence-corrected chi connectivity index (χ4v) is 2.42. The summed E-state index contributed by atoms with van der Waals surface area (Å²) >= 11 is 0. The summed E-state index contributed by atoms with van der Waals surface area (Å²) in [6, 6.07) is 4.96. The van der Waals surface area contributed by atoms with Crippen molar-refractivity contribution in [1.29, 1.82) is 0 Å². The molecule has 0 saturated carbocycles. The number of benzene rings is 1. The number of carbonyl (C=O) groups is 1. The largest absolute Gasteiger partial charge is 0.466 e. The van der Waals surface area contributed by atoms with Crippen LogP contribution in [0.3, 0.4) is 0 Å². The molecule has 0 N–H and O–H groups in total. The maximum atomic E-state index is 14.2. The van der Waals surface area contributed by atoms with Gasteiger partial charge >= 0.3 is 5.97 Å². The van der Waals surface area contributed by atoms with E-state index in [1.54, 1.807) is 13.0 Å². The minimum Gasteiger partial charge on any atom is -0.466 e. The Morgan fingerprint density at radius 1 is 1.45 bits per heavy atom. The van der Waals surface area contributed by atoms with Crippen LogP contribution in [-0.4, -0.2) is 31.9 Å². The molecule has 122 valence electrons. The van der Waals surface area contributed by atoms with Crippen LogP contribution < -0.4 is 0 Å². The molecule has 0 radical (unpaired) electrons. The van der Waals surface area contributed by atoms with E-state index in [1.807, 2.05) is 13.0 Å². The van der Waals surface area contributed by atoms with Gasteiger partial charge in [0.15, 0.2) is 0 Å². The number of halogens is 1. The van der Waals surface area contributed by atoms with E-state index >= 15 is 0 Å². The number of rotatable bonds is 9. The Morgan fingerprint density at radius 2 is 2.23 bits per heavy atom. The molecule has 1 aliphatic heterocycles. The van der Waals surface area contributed by atoms with E-state index in [1.165, 1.54) is 6.07 Å². The van der Waals surface area contributed by atoms with Crippen molar-refractivity contribution in [3.05, 3.63) is 35.1 Å². The Labute approximate surface area is 130 Å². The minimum absolute atomic E-state index is 0.171. The first kappa shape index (κ1) is 16.9. The van der Waals surface area contributed by atoms with Crippen molar-refractivity contribution in [1.82, 2.24) is 0 Å². The van der Waals surface area contributed by atoms with Gasteiger partial charge in [0.05, 0.1) is 25.9 Å². The van der Waals surface area contributed by atoms with Gasteiger partial charge in [0.1, 0.15) is 11.9 Å². The van der Waals surface area contributed by atoms with Gasteiger partial charge in [-0.3, -0.25) is 4.79 Å². The molecular formula is C17H23FO4. The number of hydrogen-bond acceptors (Lipinski definition) is 4. The zero-order valence-electron chi connectivity index (χ0n) is 13.1. The molecule has 2 rings (SSSR count). The predicted octanol–water partition coefficient (Wildman–Crippen LogP) is 3.19. The van der Waals surface area contributed by atoms with Crippen LogP contribution >= 0.6 is 0 Å². The maximum Gasteiger partial charge on any atom is 0.306 e. The molecule has 1 aromatic carbocycles. The van der Waals surface area contributed by atoms with E-state index in [9.17, 15) is 9.18 Å². The summed E-state index contributed by atoms with van der Waals surface area (Å²) < 4.78 is 30.1. The lowest BCUT2D eigenvalue weighted by Crippen LogP contribution is -2.13. The lowest BCUT2D eigenvalue weighted by molar-refractivity contribution is -0.143. The van der Waals surface area contributed by atoms with Crippen molar-refractivity contribution in [2.45, 2.75) is 45.3 Å². The van der Waals surface area contributed by atoms with E-state index in [0.717, 1.165) is 18.6 Å². The zero-order valence-corrected chi connectivity index (χ0v) is 13.1. The average molecular weight is 310 g/mol. The molecule has 1 saturated heterocycles. The fraction of sp³-hybridized carbons (Fsp3) is 0.588. The second-order valence-electron chi connectivity index (χ2n) is 5.30. The Bertz CT molecular complexity index is 499. The highest BCUT2D eigenvalue weighted by Gasteiger charge is 2.25. The molecule has 5 heteroatoms. The summed E-state index contributed by atoms with van der Waals surface area (Å²) in [5, 5.41) is 0. The van der Waals surface area contributed by atoms with Gasteiger partial charge in [0.25, 0.3) is 0 Å². The van der Waals surface area contributed by atoms with Gasteiger partial charge in [-0.15, -0.1) is 0 Å². The minimum atomic E-state index is -0.308. The molecule has 1 fully saturated rings. The molecule has 1 aliphatic rings. The van der Waals surface area contributed by atoms with E-state index < -0.39 is 0 Å². The predicted molar refractivity (Wildman–Crippen MR) is 80.1 cm³/mol. The van der Waals surface area contributed by atoms with Crippen LogP contribution in [0.15, 0.2) is 18.2 Å². The van der Waals surface area contributed by atoms with Crippen molar-refractivity contribution >= 4 is 5.97 Å². The van der Waals surface area contributed by atoms with Crippen LogP contribution in [-0.2, 0) is 25.4 Å². The van der Waals surface area contributed by atoms with Gasteiger partial charge in [-0.2, -0.15) is 0 Å². The third-order valence-corrected chi connectivity index (χ3v) is 3.64. The first-order valence-corrected chi connectivity index (χ1v) is 7.81. The molecule has 0 unspecified atom stereocenters. The lowest BCUT2D eigenvalue weighted by atomic mass is 9.96. The molecule has 2 atom stereocenters. The van der Waals surface area contributed by atoms with E-state index in [2.05, 4.69) is 0 Å². The Hall–Kier alpha value is -1.46. The highest BCUT2D eigenvalue weighted by molar-refractivity contribution is 5.69. The van der Waals surface area contributed by atoms with Crippen molar-refractivity contribution < 1.29 is 23.4 Å². The molecule has 0 aromatic heterocycles. The molecule has 0 bridgehead atoms. The van der Waals surface area contributed by atoms with Crippen LogP contribution in [0.25, 0.3) is 0 Å². The van der Waals surface area contributed by atoms with Gasteiger partial charge < -0.3 is 14.2 Å². The molecule has 1 heterocycles. The van der Waals surface area contributed by atoms with E-state index in [0.29, 0.717) is 25.2 Å². The number of ether oxygens (including phenoxy) is 3.